The van der Waals surface area contributed by atoms with E-state index in [-0.39, 0.29) is 0 Å². The van der Waals surface area contributed by atoms with Crippen molar-refractivity contribution in [2.75, 3.05) is 0 Å². The minimum atomic E-state index is 0.558. The number of rotatable bonds is 2. The molecular weight excluding hydrogens is 314 g/mol. The van der Waals surface area contributed by atoms with Gasteiger partial charge in [0.1, 0.15) is 0 Å². The lowest BCUT2D eigenvalue weighted by molar-refractivity contribution is 0.697. The molecule has 2 aliphatic carbocycles. The summed E-state index contributed by atoms with van der Waals surface area (Å²) in [7, 11) is 0. The predicted octanol–water partition coefficient (Wildman–Crippen LogP) is 3.70. The van der Waals surface area contributed by atoms with Crippen LogP contribution in [0.5, 0.6) is 0 Å². The first-order valence-corrected chi connectivity index (χ1v) is 9.53. The summed E-state index contributed by atoms with van der Waals surface area (Å²) in [5.74, 6) is 0.558. The molecule has 1 unspecified atom stereocenters. The van der Waals surface area contributed by atoms with Crippen molar-refractivity contribution in [1.82, 2.24) is 0 Å². The lowest BCUT2D eigenvalue weighted by atomic mass is 9.81. The Morgan fingerprint density at radius 3 is 2.42 bits per heavy atom. The second kappa shape index (κ2) is 6.26. The minimum absolute atomic E-state index is 0.558. The van der Waals surface area contributed by atoms with Crippen molar-refractivity contribution in [3.8, 4) is 0 Å². The molecule has 0 radical (unpaired) electrons. The van der Waals surface area contributed by atoms with E-state index in [1.54, 1.807) is 0 Å². The van der Waals surface area contributed by atoms with E-state index in [1.165, 1.54) is 43.5 Å². The molecule has 0 amide bonds. The van der Waals surface area contributed by atoms with Crippen molar-refractivity contribution in [2.45, 2.75) is 31.7 Å². The zero-order valence-corrected chi connectivity index (χ0v) is 14.9. The molecule has 5 rings (SSSR count). The summed E-state index contributed by atoms with van der Waals surface area (Å²) < 4.78 is 0. The van der Waals surface area contributed by atoms with Gasteiger partial charge < -0.3 is 5.73 Å². The Balaban J connectivity index is 1.61. The van der Waals surface area contributed by atoms with E-state index in [9.17, 15) is 0 Å². The van der Waals surface area contributed by atoms with Crippen LogP contribution in [0.1, 0.15) is 34.6 Å². The number of fused-ring (bicyclic) bond motifs is 5. The van der Waals surface area contributed by atoms with Gasteiger partial charge in [0.25, 0.3) is 0 Å². The van der Waals surface area contributed by atoms with Crippen LogP contribution in [0.2, 0.25) is 0 Å². The maximum atomic E-state index is 5.75. The largest absolute Gasteiger partial charge is 0.326 e. The van der Waals surface area contributed by atoms with Gasteiger partial charge in [-0.2, -0.15) is 0 Å². The summed E-state index contributed by atoms with van der Waals surface area (Å²) >= 11 is 0. The molecule has 0 fully saturated rings. The molecule has 1 heteroatoms. The third-order valence-electron chi connectivity index (χ3n) is 5.99. The molecule has 0 saturated heterocycles. The molecule has 26 heavy (non-hydrogen) atoms. The summed E-state index contributed by atoms with van der Waals surface area (Å²) in [6.07, 6.45) is 12.3. The van der Waals surface area contributed by atoms with Crippen LogP contribution in [0.15, 0.2) is 60.7 Å². The Kier molecular flexibility index (Phi) is 3.76. The number of hydrogen-bond acceptors (Lipinski definition) is 1. The fourth-order valence-corrected chi connectivity index (χ4v) is 4.50. The number of allylic oxidation sites excluding steroid dienone is 2. The van der Waals surface area contributed by atoms with Gasteiger partial charge in [-0.25, -0.2) is 0 Å². The van der Waals surface area contributed by atoms with E-state index < -0.39 is 0 Å². The Bertz CT molecular complexity index is 1130. The SMILES string of the molecule is NCc1ccc(C2CC=c3ccc4c5c(ccc4c3C2)=CC=CC5)cc1. The van der Waals surface area contributed by atoms with E-state index >= 15 is 0 Å². The molecule has 0 bridgehead atoms. The van der Waals surface area contributed by atoms with E-state index in [2.05, 4.69) is 72.8 Å². The smallest absolute Gasteiger partial charge is 0.0178 e. The first kappa shape index (κ1) is 15.6. The third kappa shape index (κ3) is 2.51. The molecule has 1 atom stereocenters. The summed E-state index contributed by atoms with van der Waals surface area (Å²) in [5.41, 5.74) is 11.4. The van der Waals surface area contributed by atoms with Crippen LogP contribution in [0.25, 0.3) is 22.9 Å². The summed E-state index contributed by atoms with van der Waals surface area (Å²) in [4.78, 5) is 0. The third-order valence-corrected chi connectivity index (χ3v) is 5.99. The highest BCUT2D eigenvalue weighted by atomic mass is 14.5. The van der Waals surface area contributed by atoms with Crippen molar-refractivity contribution in [3.05, 3.63) is 93.4 Å². The van der Waals surface area contributed by atoms with Crippen molar-refractivity contribution in [1.29, 1.82) is 0 Å². The molecule has 3 aromatic carbocycles. The Morgan fingerprint density at radius 2 is 1.62 bits per heavy atom. The van der Waals surface area contributed by atoms with Crippen molar-refractivity contribution in [2.24, 2.45) is 5.73 Å². The average molecular weight is 337 g/mol. The zero-order chi connectivity index (χ0) is 17.5. The fraction of sp³-hybridized carbons (Fsp3) is 0.200. The van der Waals surface area contributed by atoms with Crippen molar-refractivity contribution >= 4 is 22.9 Å². The van der Waals surface area contributed by atoms with Gasteiger partial charge in [0.2, 0.25) is 0 Å². The molecule has 0 aromatic heterocycles. The second-order valence-electron chi connectivity index (χ2n) is 7.45. The number of hydrogen-bond donors (Lipinski definition) is 1. The molecule has 0 heterocycles. The van der Waals surface area contributed by atoms with E-state index in [1.807, 2.05) is 0 Å². The molecule has 0 spiro atoms. The highest BCUT2D eigenvalue weighted by Gasteiger charge is 2.18. The van der Waals surface area contributed by atoms with E-state index in [0.29, 0.717) is 12.5 Å². The van der Waals surface area contributed by atoms with Crippen LogP contribution in [0.3, 0.4) is 0 Å². The summed E-state index contributed by atoms with van der Waals surface area (Å²) in [6, 6.07) is 18.1. The molecule has 1 nitrogen and oxygen atoms in total. The topological polar surface area (TPSA) is 26.0 Å². The minimum Gasteiger partial charge on any atom is -0.326 e. The van der Waals surface area contributed by atoms with E-state index in [0.717, 1.165) is 19.3 Å². The lowest BCUT2D eigenvalue weighted by Gasteiger charge is -2.23. The lowest BCUT2D eigenvalue weighted by Crippen LogP contribution is -2.20. The highest BCUT2D eigenvalue weighted by Crippen LogP contribution is 2.30. The fourth-order valence-electron chi connectivity index (χ4n) is 4.50. The van der Waals surface area contributed by atoms with Crippen LogP contribution in [-0.4, -0.2) is 0 Å². The predicted molar refractivity (Wildman–Crippen MR) is 110 cm³/mol. The first-order chi connectivity index (χ1) is 12.8. The Hall–Kier alpha value is -2.64. The Labute approximate surface area is 154 Å². The normalized spacial score (nSPS) is 18.0. The van der Waals surface area contributed by atoms with Crippen LogP contribution >= 0.6 is 0 Å². The van der Waals surface area contributed by atoms with Gasteiger partial charge in [0.15, 0.2) is 0 Å². The number of nitrogens with two attached hydrogens (primary N) is 1. The van der Waals surface area contributed by atoms with Crippen LogP contribution in [0, 0.1) is 0 Å². The van der Waals surface area contributed by atoms with Crippen LogP contribution in [-0.2, 0) is 19.4 Å². The summed E-state index contributed by atoms with van der Waals surface area (Å²) in [5, 5.41) is 5.65. The first-order valence-electron chi connectivity index (χ1n) is 9.53. The average Bonchev–Trinajstić information content (AvgIpc) is 2.73. The van der Waals surface area contributed by atoms with Gasteiger partial charge in [0.05, 0.1) is 0 Å². The standard InChI is InChI=1S/C25H23N/c26-16-17-5-7-18(8-6-17)21-10-9-20-12-13-23-22-4-2-1-3-19(22)11-14-24(23)25(20)15-21/h1-3,5-9,11-14,21H,4,10,15-16,26H2. The second-order valence-corrected chi connectivity index (χ2v) is 7.45. The molecule has 128 valence electrons. The van der Waals surface area contributed by atoms with E-state index in [4.69, 9.17) is 5.73 Å². The monoisotopic (exact) mass is 337 g/mol. The molecular formula is C25H23N. The Morgan fingerprint density at radius 1 is 0.846 bits per heavy atom. The summed E-state index contributed by atoms with van der Waals surface area (Å²) in [6.45, 7) is 0.612. The molecule has 3 aromatic rings. The molecule has 0 saturated carbocycles. The van der Waals surface area contributed by atoms with Gasteiger partial charge in [-0.3, -0.25) is 0 Å². The van der Waals surface area contributed by atoms with Crippen molar-refractivity contribution < 1.29 is 0 Å². The number of benzene rings is 3. The van der Waals surface area contributed by atoms with Crippen LogP contribution in [0.4, 0.5) is 0 Å². The zero-order valence-electron chi connectivity index (χ0n) is 14.9. The maximum Gasteiger partial charge on any atom is 0.0178 e. The van der Waals surface area contributed by atoms with Gasteiger partial charge in [0, 0.05) is 6.54 Å². The maximum absolute atomic E-state index is 5.75. The van der Waals surface area contributed by atoms with Gasteiger partial charge in [-0.15, -0.1) is 0 Å². The van der Waals surface area contributed by atoms with Crippen LogP contribution < -0.4 is 16.2 Å². The van der Waals surface area contributed by atoms with Gasteiger partial charge >= 0.3 is 0 Å². The van der Waals surface area contributed by atoms with Crippen molar-refractivity contribution in [3.63, 3.8) is 0 Å². The highest BCUT2D eigenvalue weighted by molar-refractivity contribution is 5.90. The molecule has 0 aliphatic heterocycles. The molecule has 2 N–H and O–H groups in total. The van der Waals surface area contributed by atoms with Gasteiger partial charge in [-0.05, 0) is 68.6 Å². The quantitative estimate of drug-likeness (QED) is 0.758. The van der Waals surface area contributed by atoms with Gasteiger partial charge in [-0.1, -0.05) is 72.8 Å². The molecule has 2 aliphatic rings.